The van der Waals surface area contributed by atoms with Gasteiger partial charge < -0.3 is 10.0 Å². The van der Waals surface area contributed by atoms with Gasteiger partial charge in [-0.1, -0.05) is 38.0 Å². The third-order valence-electron chi connectivity index (χ3n) is 5.26. The van der Waals surface area contributed by atoms with Gasteiger partial charge >= 0.3 is 0 Å². The van der Waals surface area contributed by atoms with Crippen LogP contribution in [0.2, 0.25) is 0 Å². The van der Waals surface area contributed by atoms with Crippen LogP contribution in [0.3, 0.4) is 0 Å². The Balaban J connectivity index is 2.27. The smallest absolute Gasteiger partial charge is 0.248 e. The Morgan fingerprint density at radius 2 is 1.97 bits per heavy atom. The van der Waals surface area contributed by atoms with Gasteiger partial charge in [-0.3, -0.25) is 0 Å². The average molecular weight is 453 g/mol. The molecule has 1 aliphatic rings. The minimum absolute atomic E-state index is 0.0915. The van der Waals surface area contributed by atoms with E-state index in [9.17, 15) is 13.5 Å². The van der Waals surface area contributed by atoms with Crippen LogP contribution in [-0.4, -0.2) is 43.1 Å². The van der Waals surface area contributed by atoms with Gasteiger partial charge in [-0.15, -0.1) is 11.8 Å². The summed E-state index contributed by atoms with van der Waals surface area (Å²) in [6.07, 6.45) is 4.79. The second-order valence-corrected chi connectivity index (χ2v) is 10.9. The maximum atomic E-state index is 13.7. The number of para-hydroxylation sites is 1. The number of fused-ring (bicyclic) bond motifs is 1. The van der Waals surface area contributed by atoms with Crippen molar-refractivity contribution >= 4 is 41.9 Å². The largest absolute Gasteiger partial charge is 0.392 e. The molecule has 0 radical (unpaired) electrons. The molecule has 0 saturated carbocycles. The highest BCUT2D eigenvalue weighted by Crippen LogP contribution is 2.44. The van der Waals surface area contributed by atoms with Crippen molar-refractivity contribution in [3.8, 4) is 0 Å². The Labute approximate surface area is 180 Å². The summed E-state index contributed by atoms with van der Waals surface area (Å²) in [4.78, 5) is 3.32. The van der Waals surface area contributed by atoms with Gasteiger partial charge in [0, 0.05) is 23.2 Å². The van der Waals surface area contributed by atoms with Crippen molar-refractivity contribution in [3.63, 3.8) is 0 Å². The Hall–Kier alpha value is -1.11. The molecule has 0 aliphatic carbocycles. The number of unbranched alkanes of at least 4 members (excludes halogenated alkanes) is 1. The normalized spacial score (nSPS) is 19.4. The number of thioether (sulfide) groups is 1. The summed E-state index contributed by atoms with van der Waals surface area (Å²) in [7, 11) is -3.51. The summed E-state index contributed by atoms with van der Waals surface area (Å²) in [6.45, 7) is 4.49. The third-order valence-corrected chi connectivity index (χ3v) is 9.86. The van der Waals surface area contributed by atoms with Crippen LogP contribution < -0.4 is 4.90 Å². The van der Waals surface area contributed by atoms with E-state index in [0.29, 0.717) is 17.8 Å². The van der Waals surface area contributed by atoms with Crippen LogP contribution in [0.4, 0.5) is 11.4 Å². The molecule has 2 aromatic carbocycles. The molecule has 5 nitrogen and oxygen atoms in total. The summed E-state index contributed by atoms with van der Waals surface area (Å²) < 4.78 is 29.1. The van der Waals surface area contributed by atoms with Gasteiger partial charge in [0.05, 0.1) is 12.3 Å². The first-order chi connectivity index (χ1) is 14.0. The van der Waals surface area contributed by atoms with Crippen molar-refractivity contribution in [2.24, 2.45) is 0 Å². The zero-order chi connectivity index (χ0) is 21.0. The van der Waals surface area contributed by atoms with Gasteiger partial charge in [-0.2, -0.15) is 4.08 Å². The number of benzene rings is 2. The van der Waals surface area contributed by atoms with Crippen molar-refractivity contribution in [3.05, 3.63) is 48.0 Å². The fourth-order valence-corrected chi connectivity index (χ4v) is 7.76. The molecule has 0 amide bonds. The van der Waals surface area contributed by atoms with E-state index in [1.165, 1.54) is 11.8 Å². The average Bonchev–Trinajstić information content (AvgIpc) is 2.83. The summed E-state index contributed by atoms with van der Waals surface area (Å²) in [6, 6.07) is 13.5. The molecule has 8 heteroatoms. The molecule has 0 fully saturated rings. The highest BCUT2D eigenvalue weighted by Gasteiger charge is 2.38. The van der Waals surface area contributed by atoms with Crippen LogP contribution >= 0.6 is 20.5 Å². The van der Waals surface area contributed by atoms with E-state index in [4.69, 9.17) is 0 Å². The van der Waals surface area contributed by atoms with E-state index in [-0.39, 0.29) is 26.3 Å². The van der Waals surface area contributed by atoms with Gasteiger partial charge in [0.15, 0.2) is 0 Å². The SMILES string of the molecule is CCCC[C@@H]1CN(c2ccccc2)c2cc(SC)c(CO)cc2S(=O)(=O)N1PC. The van der Waals surface area contributed by atoms with Crippen molar-refractivity contribution in [1.29, 1.82) is 0 Å². The summed E-state index contributed by atoms with van der Waals surface area (Å²) in [5.41, 5.74) is 2.33. The van der Waals surface area contributed by atoms with Gasteiger partial charge in [-0.25, -0.2) is 8.42 Å². The fourth-order valence-electron chi connectivity index (χ4n) is 3.81. The van der Waals surface area contributed by atoms with Gasteiger partial charge in [-0.05, 0) is 57.9 Å². The molecule has 0 spiro atoms. The first-order valence-corrected chi connectivity index (χ1v) is 13.9. The zero-order valence-electron chi connectivity index (χ0n) is 17.1. The Kier molecular flexibility index (Phi) is 7.63. The molecule has 1 aliphatic heterocycles. The standard InChI is InChI=1S/C21H29N2O3PS2/c1-4-5-9-18-14-22(17-10-7-6-8-11-17)19-13-20(28-3)16(15-24)12-21(19)29(25,26)23(18)27-2/h6-8,10-13,18,24,27H,4-5,9,14-15H2,1-3H3/t18-/m1/s1. The van der Waals surface area contributed by atoms with Gasteiger partial charge in [0.2, 0.25) is 10.0 Å². The van der Waals surface area contributed by atoms with Crippen molar-refractivity contribution in [2.75, 3.05) is 24.4 Å². The highest BCUT2D eigenvalue weighted by molar-refractivity contribution is 7.98. The van der Waals surface area contributed by atoms with E-state index in [1.54, 1.807) is 10.1 Å². The quantitative estimate of drug-likeness (QED) is 0.482. The number of nitrogens with zero attached hydrogens (tertiary/aromatic N) is 2. The van der Waals surface area contributed by atoms with Crippen LogP contribution in [0.5, 0.6) is 0 Å². The predicted octanol–water partition coefficient (Wildman–Crippen LogP) is 4.83. The number of aliphatic hydroxyl groups excluding tert-OH is 1. The fraction of sp³-hybridized carbons (Fsp3) is 0.429. The van der Waals surface area contributed by atoms with Crippen LogP contribution in [0, 0.1) is 0 Å². The summed E-state index contributed by atoms with van der Waals surface area (Å²) >= 11 is 1.52. The molecule has 2 atom stereocenters. The van der Waals surface area contributed by atoms with E-state index in [1.807, 2.05) is 49.3 Å². The molecular weight excluding hydrogens is 423 g/mol. The van der Waals surface area contributed by atoms with E-state index in [0.717, 1.165) is 29.8 Å². The Morgan fingerprint density at radius 1 is 1.24 bits per heavy atom. The molecule has 29 heavy (non-hydrogen) atoms. The molecule has 158 valence electrons. The minimum Gasteiger partial charge on any atom is -0.392 e. The lowest BCUT2D eigenvalue weighted by Gasteiger charge is -2.30. The number of hydrogen-bond acceptors (Lipinski definition) is 5. The Bertz CT molecular complexity index is 938. The van der Waals surface area contributed by atoms with Crippen molar-refractivity contribution in [2.45, 2.75) is 48.6 Å². The molecule has 1 unspecified atom stereocenters. The zero-order valence-corrected chi connectivity index (χ0v) is 19.8. The van der Waals surface area contributed by atoms with E-state index < -0.39 is 10.0 Å². The van der Waals surface area contributed by atoms with E-state index >= 15 is 0 Å². The maximum Gasteiger partial charge on any atom is 0.248 e. The molecule has 3 rings (SSSR count). The van der Waals surface area contributed by atoms with E-state index in [2.05, 4.69) is 11.8 Å². The number of aliphatic hydroxyl groups is 1. The maximum absolute atomic E-state index is 13.7. The first kappa shape index (κ1) is 22.6. The lowest BCUT2D eigenvalue weighted by molar-refractivity contribution is 0.278. The first-order valence-electron chi connectivity index (χ1n) is 9.84. The lowest BCUT2D eigenvalue weighted by atomic mass is 10.1. The van der Waals surface area contributed by atoms with Gasteiger partial charge in [0.25, 0.3) is 0 Å². The second kappa shape index (κ2) is 9.80. The molecule has 1 heterocycles. The molecule has 0 aromatic heterocycles. The predicted molar refractivity (Wildman–Crippen MR) is 124 cm³/mol. The van der Waals surface area contributed by atoms with Crippen LogP contribution in [0.25, 0.3) is 0 Å². The monoisotopic (exact) mass is 452 g/mol. The number of anilines is 2. The van der Waals surface area contributed by atoms with Crippen molar-refractivity contribution < 1.29 is 13.5 Å². The van der Waals surface area contributed by atoms with Crippen LogP contribution in [-0.2, 0) is 16.6 Å². The molecule has 2 aromatic rings. The number of sulfonamides is 1. The summed E-state index contributed by atoms with van der Waals surface area (Å²) in [5, 5.41) is 9.83. The van der Waals surface area contributed by atoms with Crippen molar-refractivity contribution in [1.82, 2.24) is 4.08 Å². The van der Waals surface area contributed by atoms with Crippen LogP contribution in [0.1, 0.15) is 31.7 Å². The number of rotatable bonds is 7. The lowest BCUT2D eigenvalue weighted by Crippen LogP contribution is -2.38. The van der Waals surface area contributed by atoms with Gasteiger partial charge in [0.1, 0.15) is 4.90 Å². The Morgan fingerprint density at radius 3 is 2.55 bits per heavy atom. The molecular formula is C21H29N2O3PS2. The third kappa shape index (κ3) is 4.49. The second-order valence-electron chi connectivity index (χ2n) is 7.06. The molecule has 0 bridgehead atoms. The summed E-state index contributed by atoms with van der Waals surface area (Å²) in [5.74, 6) is 0. The molecule has 0 saturated heterocycles. The highest BCUT2D eigenvalue weighted by atomic mass is 32.2. The van der Waals surface area contributed by atoms with Crippen LogP contribution in [0.15, 0.2) is 52.3 Å². The topological polar surface area (TPSA) is 60.9 Å². The number of hydrogen-bond donors (Lipinski definition) is 1. The minimum atomic E-state index is -3.66. The molecule has 1 N–H and O–H groups in total.